The van der Waals surface area contributed by atoms with Crippen molar-refractivity contribution >= 4 is 6.08 Å². The first-order valence-corrected chi connectivity index (χ1v) is 12.9. The van der Waals surface area contributed by atoms with Crippen molar-refractivity contribution in [1.82, 2.24) is 0 Å². The minimum Gasteiger partial charge on any atom is -0.491 e. The molecule has 0 radical (unpaired) electrons. The fourth-order valence-corrected chi connectivity index (χ4v) is 4.72. The molecule has 0 spiro atoms. The first-order chi connectivity index (χ1) is 17.5. The first kappa shape index (κ1) is 25.8. The fourth-order valence-electron chi connectivity index (χ4n) is 4.72. The maximum absolute atomic E-state index is 14.9. The molecule has 4 rings (SSSR count). The van der Waals surface area contributed by atoms with Crippen LogP contribution in [0.1, 0.15) is 57.9 Å². The molecular formula is C32H33F3O. The molecule has 188 valence electrons. The highest BCUT2D eigenvalue weighted by Crippen LogP contribution is 2.32. The summed E-state index contributed by atoms with van der Waals surface area (Å²) in [7, 11) is 0. The summed E-state index contributed by atoms with van der Waals surface area (Å²) < 4.78 is 48.8. The van der Waals surface area contributed by atoms with Crippen LogP contribution >= 0.6 is 0 Å². The van der Waals surface area contributed by atoms with Gasteiger partial charge >= 0.3 is 0 Å². The second-order valence-electron chi connectivity index (χ2n) is 9.38. The molecule has 0 aliphatic heterocycles. The summed E-state index contributed by atoms with van der Waals surface area (Å²) in [4.78, 5) is 0. The van der Waals surface area contributed by atoms with Crippen molar-refractivity contribution in [1.29, 1.82) is 0 Å². The van der Waals surface area contributed by atoms with E-state index in [1.807, 2.05) is 18.2 Å². The molecule has 0 heterocycles. The largest absolute Gasteiger partial charge is 0.491 e. The maximum Gasteiger partial charge on any atom is 0.201 e. The van der Waals surface area contributed by atoms with Crippen LogP contribution in [0.25, 0.3) is 28.3 Å². The van der Waals surface area contributed by atoms with Crippen LogP contribution in [-0.2, 0) is 0 Å². The predicted molar refractivity (Wildman–Crippen MR) is 142 cm³/mol. The summed E-state index contributed by atoms with van der Waals surface area (Å²) in [5.41, 5.74) is 4.05. The lowest BCUT2D eigenvalue weighted by atomic mass is 9.86. The standard InChI is InChI=1S/C32H33F3O/c1-3-5-6-22-7-9-23(10-8-22)11-12-26-17-18-27(21-29(26)33)24-13-15-25(16-14-24)28-19-20-30(36-4-2)32(35)31(28)34/h9,11-22H,3-8,10H2,1-2H3/b12-11+. The van der Waals surface area contributed by atoms with Crippen LogP contribution in [0.4, 0.5) is 13.2 Å². The van der Waals surface area contributed by atoms with E-state index in [0.29, 0.717) is 11.1 Å². The number of benzene rings is 3. The summed E-state index contributed by atoms with van der Waals surface area (Å²) in [5.74, 6) is -1.54. The Bertz CT molecular complexity index is 1240. The van der Waals surface area contributed by atoms with Crippen molar-refractivity contribution in [3.05, 3.63) is 95.3 Å². The molecule has 1 aliphatic carbocycles. The third kappa shape index (κ3) is 6.10. The number of rotatable bonds is 9. The van der Waals surface area contributed by atoms with E-state index in [1.54, 1.807) is 37.3 Å². The molecule has 0 saturated heterocycles. The highest BCUT2D eigenvalue weighted by molar-refractivity contribution is 5.72. The van der Waals surface area contributed by atoms with Crippen LogP contribution in [0.5, 0.6) is 5.75 Å². The molecule has 0 saturated carbocycles. The molecular weight excluding hydrogens is 457 g/mol. The third-order valence-electron chi connectivity index (χ3n) is 6.87. The summed E-state index contributed by atoms with van der Waals surface area (Å²) in [6.45, 7) is 4.20. The Morgan fingerprint density at radius 1 is 0.861 bits per heavy atom. The van der Waals surface area contributed by atoms with Crippen LogP contribution < -0.4 is 4.74 Å². The van der Waals surface area contributed by atoms with Crippen LogP contribution in [0.15, 0.2) is 72.3 Å². The van der Waals surface area contributed by atoms with Gasteiger partial charge in [-0.05, 0) is 67.0 Å². The molecule has 4 heteroatoms. The van der Waals surface area contributed by atoms with Gasteiger partial charge in [-0.2, -0.15) is 4.39 Å². The smallest absolute Gasteiger partial charge is 0.201 e. The van der Waals surface area contributed by atoms with Crippen molar-refractivity contribution < 1.29 is 17.9 Å². The summed E-state index contributed by atoms with van der Waals surface area (Å²) in [6, 6.07) is 15.1. The zero-order valence-corrected chi connectivity index (χ0v) is 21.0. The van der Waals surface area contributed by atoms with Gasteiger partial charge in [-0.15, -0.1) is 0 Å². The Morgan fingerprint density at radius 3 is 2.28 bits per heavy atom. The number of ether oxygens (including phenoxy) is 1. The lowest BCUT2D eigenvalue weighted by Crippen LogP contribution is -2.04. The van der Waals surface area contributed by atoms with Gasteiger partial charge in [-0.1, -0.05) is 86.4 Å². The first-order valence-electron chi connectivity index (χ1n) is 12.9. The second kappa shape index (κ2) is 12.1. The van der Waals surface area contributed by atoms with Gasteiger partial charge in [0.2, 0.25) is 5.82 Å². The quantitative estimate of drug-likeness (QED) is 0.290. The van der Waals surface area contributed by atoms with Gasteiger partial charge in [0.25, 0.3) is 0 Å². The molecule has 1 aliphatic rings. The Kier molecular flexibility index (Phi) is 8.69. The van der Waals surface area contributed by atoms with Gasteiger partial charge in [0.15, 0.2) is 11.6 Å². The molecule has 1 unspecified atom stereocenters. The van der Waals surface area contributed by atoms with Crippen molar-refractivity contribution in [2.75, 3.05) is 6.61 Å². The highest BCUT2D eigenvalue weighted by Gasteiger charge is 2.16. The van der Waals surface area contributed by atoms with Crippen LogP contribution in [-0.4, -0.2) is 6.61 Å². The average molecular weight is 491 g/mol. The van der Waals surface area contributed by atoms with Crippen molar-refractivity contribution in [2.45, 2.75) is 52.4 Å². The van der Waals surface area contributed by atoms with Gasteiger partial charge in [0, 0.05) is 11.1 Å². The van der Waals surface area contributed by atoms with E-state index < -0.39 is 11.6 Å². The van der Waals surface area contributed by atoms with E-state index in [0.717, 1.165) is 29.9 Å². The Morgan fingerprint density at radius 2 is 1.61 bits per heavy atom. The van der Waals surface area contributed by atoms with E-state index in [9.17, 15) is 13.2 Å². The van der Waals surface area contributed by atoms with Gasteiger partial charge < -0.3 is 4.74 Å². The zero-order valence-electron chi connectivity index (χ0n) is 21.0. The van der Waals surface area contributed by atoms with Gasteiger partial charge in [0.05, 0.1) is 6.61 Å². The zero-order chi connectivity index (χ0) is 25.5. The SMILES string of the molecule is CCCCC1CC=C(/C=C/c2ccc(-c3ccc(-c4ccc(OCC)c(F)c4F)cc3)cc2F)CC1. The topological polar surface area (TPSA) is 9.23 Å². The minimum absolute atomic E-state index is 0.101. The molecule has 0 amide bonds. The second-order valence-corrected chi connectivity index (χ2v) is 9.38. The molecule has 1 nitrogen and oxygen atoms in total. The van der Waals surface area contributed by atoms with Crippen LogP contribution in [0.3, 0.4) is 0 Å². The van der Waals surface area contributed by atoms with Crippen LogP contribution in [0.2, 0.25) is 0 Å². The lowest BCUT2D eigenvalue weighted by molar-refractivity contribution is 0.314. The molecule has 0 aromatic heterocycles. The molecule has 1 atom stereocenters. The number of hydrogen-bond donors (Lipinski definition) is 0. The molecule has 3 aromatic rings. The van der Waals surface area contributed by atoms with Crippen molar-refractivity contribution in [2.24, 2.45) is 5.92 Å². The van der Waals surface area contributed by atoms with Gasteiger partial charge in [-0.25, -0.2) is 8.78 Å². The normalized spacial score (nSPS) is 15.8. The van der Waals surface area contributed by atoms with E-state index in [1.165, 1.54) is 49.5 Å². The minimum atomic E-state index is -0.996. The maximum atomic E-state index is 14.9. The fraction of sp³-hybridized carbons (Fsp3) is 0.312. The Labute approximate surface area is 212 Å². The van der Waals surface area contributed by atoms with Crippen molar-refractivity contribution in [3.63, 3.8) is 0 Å². The molecule has 3 aromatic carbocycles. The summed E-state index contributed by atoms with van der Waals surface area (Å²) in [6.07, 6.45) is 13.4. The van der Waals surface area contributed by atoms with E-state index in [2.05, 4.69) is 13.0 Å². The third-order valence-corrected chi connectivity index (χ3v) is 6.87. The number of hydrogen-bond acceptors (Lipinski definition) is 1. The molecule has 0 bridgehead atoms. The molecule has 36 heavy (non-hydrogen) atoms. The monoisotopic (exact) mass is 490 g/mol. The van der Waals surface area contributed by atoms with Gasteiger partial charge in [0.1, 0.15) is 5.82 Å². The van der Waals surface area contributed by atoms with E-state index >= 15 is 0 Å². The molecule has 0 N–H and O–H groups in total. The average Bonchev–Trinajstić information content (AvgIpc) is 2.90. The summed E-state index contributed by atoms with van der Waals surface area (Å²) in [5, 5.41) is 0. The number of halogens is 3. The predicted octanol–water partition coefficient (Wildman–Crippen LogP) is 9.77. The summed E-state index contributed by atoms with van der Waals surface area (Å²) >= 11 is 0. The van der Waals surface area contributed by atoms with Crippen LogP contribution in [0, 0.1) is 23.4 Å². The number of unbranched alkanes of at least 4 members (excludes halogenated alkanes) is 1. The Balaban J connectivity index is 1.45. The number of allylic oxidation sites excluding steroid dienone is 3. The van der Waals surface area contributed by atoms with Crippen molar-refractivity contribution in [3.8, 4) is 28.0 Å². The highest BCUT2D eigenvalue weighted by atomic mass is 19.2. The molecule has 0 fully saturated rings. The van der Waals surface area contributed by atoms with Gasteiger partial charge in [-0.3, -0.25) is 0 Å². The van der Waals surface area contributed by atoms with E-state index in [-0.39, 0.29) is 23.7 Å². The lowest BCUT2D eigenvalue weighted by Gasteiger charge is -2.20. The van der Waals surface area contributed by atoms with E-state index in [4.69, 9.17) is 4.74 Å². The Hall–Kier alpha value is -3.27.